The Morgan fingerprint density at radius 1 is 1.20 bits per heavy atom. The monoisotopic (exact) mass is 295 g/mol. The summed E-state index contributed by atoms with van der Waals surface area (Å²) < 4.78 is 0. The Morgan fingerprint density at radius 2 is 1.75 bits per heavy atom. The molecule has 1 aromatic carbocycles. The standard InChI is InChI=1S/C15H21NO3S/c1-9(2)14(15(18)19)20-8-13(17)16-12-6-10(3)5-11(4)7-12/h5-7,9,14H,8H2,1-4H3,(H,16,17)(H,18,19). The van der Waals surface area contributed by atoms with Crippen molar-refractivity contribution in [1.29, 1.82) is 0 Å². The van der Waals surface area contributed by atoms with Crippen molar-refractivity contribution >= 4 is 29.3 Å². The van der Waals surface area contributed by atoms with Gasteiger partial charge in [0.15, 0.2) is 0 Å². The average Bonchev–Trinajstić information content (AvgIpc) is 2.26. The molecule has 20 heavy (non-hydrogen) atoms. The Balaban J connectivity index is 2.57. The summed E-state index contributed by atoms with van der Waals surface area (Å²) in [6, 6.07) is 5.82. The molecule has 0 spiro atoms. The molecule has 1 unspecified atom stereocenters. The summed E-state index contributed by atoms with van der Waals surface area (Å²) in [5, 5.41) is 11.3. The van der Waals surface area contributed by atoms with E-state index in [-0.39, 0.29) is 17.6 Å². The molecule has 1 amide bonds. The van der Waals surface area contributed by atoms with E-state index in [1.807, 2.05) is 45.9 Å². The number of nitrogens with one attached hydrogen (secondary N) is 1. The zero-order valence-electron chi connectivity index (χ0n) is 12.3. The van der Waals surface area contributed by atoms with Crippen molar-refractivity contribution in [1.82, 2.24) is 0 Å². The quantitative estimate of drug-likeness (QED) is 0.846. The summed E-state index contributed by atoms with van der Waals surface area (Å²) in [7, 11) is 0. The van der Waals surface area contributed by atoms with Gasteiger partial charge in [0.25, 0.3) is 0 Å². The second-order valence-electron chi connectivity index (χ2n) is 5.24. The Morgan fingerprint density at radius 3 is 2.20 bits per heavy atom. The van der Waals surface area contributed by atoms with Gasteiger partial charge in [0, 0.05) is 5.69 Å². The molecule has 0 saturated heterocycles. The lowest BCUT2D eigenvalue weighted by Gasteiger charge is -2.15. The Labute approximate surface area is 124 Å². The topological polar surface area (TPSA) is 66.4 Å². The Hall–Kier alpha value is -1.49. The lowest BCUT2D eigenvalue weighted by molar-refractivity contribution is -0.137. The van der Waals surface area contributed by atoms with E-state index in [9.17, 15) is 9.59 Å². The molecule has 0 saturated carbocycles. The van der Waals surface area contributed by atoms with Gasteiger partial charge < -0.3 is 10.4 Å². The number of carbonyl (C=O) groups excluding carboxylic acids is 1. The van der Waals surface area contributed by atoms with E-state index >= 15 is 0 Å². The van der Waals surface area contributed by atoms with E-state index in [1.54, 1.807) is 0 Å². The molecule has 1 aromatic rings. The van der Waals surface area contributed by atoms with Gasteiger partial charge >= 0.3 is 5.97 Å². The van der Waals surface area contributed by atoms with Crippen LogP contribution in [0, 0.1) is 19.8 Å². The molecule has 0 aromatic heterocycles. The molecule has 4 nitrogen and oxygen atoms in total. The van der Waals surface area contributed by atoms with E-state index < -0.39 is 11.2 Å². The number of carbonyl (C=O) groups is 2. The highest BCUT2D eigenvalue weighted by molar-refractivity contribution is 8.01. The van der Waals surface area contributed by atoms with Gasteiger partial charge in [-0.15, -0.1) is 11.8 Å². The molecule has 0 heterocycles. The number of aryl methyl sites for hydroxylation is 2. The number of rotatable bonds is 6. The van der Waals surface area contributed by atoms with Crippen LogP contribution in [0.25, 0.3) is 0 Å². The number of thioether (sulfide) groups is 1. The second kappa shape index (κ2) is 7.33. The van der Waals surface area contributed by atoms with Gasteiger partial charge in [0.1, 0.15) is 5.25 Å². The number of anilines is 1. The smallest absolute Gasteiger partial charge is 0.316 e. The first kappa shape index (κ1) is 16.6. The van der Waals surface area contributed by atoms with Gasteiger partial charge in [-0.2, -0.15) is 0 Å². The van der Waals surface area contributed by atoms with E-state index in [1.165, 1.54) is 0 Å². The maximum atomic E-state index is 11.9. The maximum Gasteiger partial charge on any atom is 0.316 e. The summed E-state index contributed by atoms with van der Waals surface area (Å²) in [6.07, 6.45) is 0. The van der Waals surface area contributed by atoms with E-state index in [2.05, 4.69) is 5.32 Å². The highest BCUT2D eigenvalue weighted by atomic mass is 32.2. The minimum absolute atomic E-state index is 0.00786. The second-order valence-corrected chi connectivity index (χ2v) is 6.37. The van der Waals surface area contributed by atoms with Crippen LogP contribution in [0.15, 0.2) is 18.2 Å². The highest BCUT2D eigenvalue weighted by Crippen LogP contribution is 2.20. The molecule has 1 atom stereocenters. The Kier molecular flexibility index (Phi) is 6.07. The van der Waals surface area contributed by atoms with Crippen LogP contribution in [0.5, 0.6) is 0 Å². The summed E-state index contributed by atoms with van der Waals surface area (Å²) in [5.74, 6) is -0.912. The van der Waals surface area contributed by atoms with Crippen LogP contribution in [-0.2, 0) is 9.59 Å². The van der Waals surface area contributed by atoms with Crippen LogP contribution >= 0.6 is 11.8 Å². The van der Waals surface area contributed by atoms with Crippen LogP contribution in [0.4, 0.5) is 5.69 Å². The van der Waals surface area contributed by atoms with Gasteiger partial charge in [0.2, 0.25) is 5.91 Å². The van der Waals surface area contributed by atoms with E-state index in [4.69, 9.17) is 5.11 Å². The first-order chi connectivity index (χ1) is 9.29. The third-order valence-electron chi connectivity index (χ3n) is 2.75. The summed E-state index contributed by atoms with van der Waals surface area (Å²) >= 11 is 1.16. The van der Waals surface area contributed by atoms with Gasteiger partial charge in [-0.05, 0) is 43.0 Å². The van der Waals surface area contributed by atoms with Crippen LogP contribution in [-0.4, -0.2) is 28.0 Å². The predicted molar refractivity (Wildman–Crippen MR) is 83.3 cm³/mol. The predicted octanol–water partition coefficient (Wildman–Crippen LogP) is 3.08. The normalized spacial score (nSPS) is 12.2. The first-order valence-corrected chi connectivity index (χ1v) is 7.57. The third kappa shape index (κ3) is 5.25. The summed E-state index contributed by atoms with van der Waals surface area (Å²) in [6.45, 7) is 7.62. The number of hydrogen-bond acceptors (Lipinski definition) is 3. The number of hydrogen-bond donors (Lipinski definition) is 2. The van der Waals surface area contributed by atoms with Crippen LogP contribution in [0.1, 0.15) is 25.0 Å². The Bertz CT molecular complexity index is 480. The maximum absolute atomic E-state index is 11.9. The number of benzene rings is 1. The molecule has 2 N–H and O–H groups in total. The fraction of sp³-hybridized carbons (Fsp3) is 0.467. The molecule has 0 bridgehead atoms. The number of carboxylic acid groups (broad SMARTS) is 1. The zero-order chi connectivity index (χ0) is 15.3. The molecule has 0 aliphatic carbocycles. The van der Waals surface area contributed by atoms with E-state index in [0.717, 1.165) is 28.6 Å². The van der Waals surface area contributed by atoms with Crippen molar-refractivity contribution in [2.45, 2.75) is 32.9 Å². The lowest BCUT2D eigenvalue weighted by Crippen LogP contribution is -2.25. The number of carboxylic acids is 1. The first-order valence-electron chi connectivity index (χ1n) is 6.52. The fourth-order valence-corrected chi connectivity index (χ4v) is 2.89. The van der Waals surface area contributed by atoms with Crippen molar-refractivity contribution in [3.63, 3.8) is 0 Å². The third-order valence-corrected chi connectivity index (χ3v) is 4.28. The van der Waals surface area contributed by atoms with Crippen LogP contribution < -0.4 is 5.32 Å². The minimum Gasteiger partial charge on any atom is -0.480 e. The van der Waals surface area contributed by atoms with Gasteiger partial charge in [0.05, 0.1) is 5.75 Å². The SMILES string of the molecule is Cc1cc(C)cc(NC(=O)CSC(C(=O)O)C(C)C)c1. The number of amides is 1. The molecule has 0 radical (unpaired) electrons. The summed E-state index contributed by atoms with van der Waals surface area (Å²) in [4.78, 5) is 22.9. The van der Waals surface area contributed by atoms with Crippen molar-refractivity contribution < 1.29 is 14.7 Å². The van der Waals surface area contributed by atoms with Gasteiger partial charge in [-0.3, -0.25) is 9.59 Å². The molecule has 110 valence electrons. The van der Waals surface area contributed by atoms with Gasteiger partial charge in [-0.25, -0.2) is 0 Å². The molecule has 1 rings (SSSR count). The van der Waals surface area contributed by atoms with Crippen molar-refractivity contribution in [3.8, 4) is 0 Å². The van der Waals surface area contributed by atoms with Crippen molar-refractivity contribution in [3.05, 3.63) is 29.3 Å². The lowest BCUT2D eigenvalue weighted by atomic mass is 10.1. The fourth-order valence-electron chi connectivity index (χ4n) is 1.96. The molecular formula is C15H21NO3S. The summed E-state index contributed by atoms with van der Waals surface area (Å²) in [5.41, 5.74) is 2.92. The van der Waals surface area contributed by atoms with E-state index in [0.29, 0.717) is 0 Å². The highest BCUT2D eigenvalue weighted by Gasteiger charge is 2.22. The molecule has 0 aliphatic heterocycles. The zero-order valence-corrected chi connectivity index (χ0v) is 13.1. The largest absolute Gasteiger partial charge is 0.480 e. The molecular weight excluding hydrogens is 274 g/mol. The molecule has 0 fully saturated rings. The van der Waals surface area contributed by atoms with Crippen LogP contribution in [0.3, 0.4) is 0 Å². The van der Waals surface area contributed by atoms with Crippen LogP contribution in [0.2, 0.25) is 0 Å². The van der Waals surface area contributed by atoms with Gasteiger partial charge in [-0.1, -0.05) is 19.9 Å². The van der Waals surface area contributed by atoms with Crippen molar-refractivity contribution in [2.24, 2.45) is 5.92 Å². The average molecular weight is 295 g/mol. The van der Waals surface area contributed by atoms with Crippen molar-refractivity contribution in [2.75, 3.05) is 11.1 Å². The molecule has 0 aliphatic rings. The molecule has 5 heteroatoms. The minimum atomic E-state index is -0.871. The number of aliphatic carboxylic acids is 1.